The molecule has 0 bridgehead atoms. The minimum atomic E-state index is -4.08. The van der Waals surface area contributed by atoms with Gasteiger partial charge in [0.15, 0.2) is 8.32 Å². The molecule has 272 valence electrons. The highest BCUT2D eigenvalue weighted by molar-refractivity contribution is 7.89. The fraction of sp³-hybridized carbons (Fsp3) is 0.439. The van der Waals surface area contributed by atoms with E-state index in [1.807, 2.05) is 113 Å². The average molecular weight is 720 g/mol. The van der Waals surface area contributed by atoms with E-state index in [9.17, 15) is 18.3 Å². The van der Waals surface area contributed by atoms with Crippen molar-refractivity contribution < 1.29 is 27.5 Å². The summed E-state index contributed by atoms with van der Waals surface area (Å²) in [6.45, 7) is 22.3. The van der Waals surface area contributed by atoms with Crippen molar-refractivity contribution in [3.05, 3.63) is 124 Å². The first-order chi connectivity index (χ1) is 23.3. The van der Waals surface area contributed by atoms with Crippen molar-refractivity contribution in [1.29, 1.82) is 0 Å². The SMILES string of the molecule is CC(/C=C/CO[Si](C)(C)C(C)(C)C)=C\[C@@H](O)[C@@H](C)C(=O)O[C@H](c1ccccc1)[C@H](C)N(Cc1ccccc1)S(=O)(=O)c1c(C)cc(C)cc1C. The summed E-state index contributed by atoms with van der Waals surface area (Å²) in [6, 6.07) is 21.5. The Hall–Kier alpha value is -3.34. The van der Waals surface area contributed by atoms with Crippen LogP contribution in [0.2, 0.25) is 18.1 Å². The number of carbonyl (C=O) groups is 1. The first-order valence-electron chi connectivity index (χ1n) is 17.3. The first-order valence-corrected chi connectivity index (χ1v) is 21.7. The van der Waals surface area contributed by atoms with Crippen molar-refractivity contribution in [1.82, 2.24) is 4.31 Å². The molecule has 0 unspecified atom stereocenters. The molecule has 7 nitrogen and oxygen atoms in total. The van der Waals surface area contributed by atoms with Crippen LogP contribution in [0.15, 0.2) is 101 Å². The zero-order valence-electron chi connectivity index (χ0n) is 31.7. The van der Waals surface area contributed by atoms with Gasteiger partial charge in [-0.2, -0.15) is 4.31 Å². The third kappa shape index (κ3) is 10.6. The molecule has 0 saturated carbocycles. The zero-order valence-corrected chi connectivity index (χ0v) is 33.5. The number of carbonyl (C=O) groups excluding carboxylic acids is 1. The fourth-order valence-electron chi connectivity index (χ4n) is 5.69. The summed E-state index contributed by atoms with van der Waals surface area (Å²) in [7, 11) is -5.97. The minimum absolute atomic E-state index is 0.0730. The third-order valence-electron chi connectivity index (χ3n) is 9.66. The number of rotatable bonds is 15. The van der Waals surface area contributed by atoms with Gasteiger partial charge in [0.1, 0.15) is 6.10 Å². The predicted octanol–water partition coefficient (Wildman–Crippen LogP) is 9.00. The number of ether oxygens (including phenoxy) is 1. The van der Waals surface area contributed by atoms with Gasteiger partial charge in [0.25, 0.3) is 0 Å². The van der Waals surface area contributed by atoms with Crippen molar-refractivity contribution >= 4 is 24.3 Å². The van der Waals surface area contributed by atoms with Crippen molar-refractivity contribution in [3.8, 4) is 0 Å². The molecule has 0 aromatic heterocycles. The molecule has 0 saturated heterocycles. The van der Waals surface area contributed by atoms with E-state index in [1.54, 1.807) is 19.9 Å². The Kier molecular flexibility index (Phi) is 14.2. The van der Waals surface area contributed by atoms with Crippen LogP contribution in [0.4, 0.5) is 0 Å². The highest BCUT2D eigenvalue weighted by Crippen LogP contribution is 2.37. The van der Waals surface area contributed by atoms with Crippen molar-refractivity contribution in [2.45, 2.75) is 110 Å². The molecule has 0 heterocycles. The van der Waals surface area contributed by atoms with Crippen LogP contribution in [0.25, 0.3) is 0 Å². The molecule has 9 heteroatoms. The molecule has 0 spiro atoms. The number of benzene rings is 3. The molecule has 3 aromatic rings. The average Bonchev–Trinajstić information content (AvgIpc) is 3.03. The summed E-state index contributed by atoms with van der Waals surface area (Å²) in [5.41, 5.74) is 4.52. The van der Waals surface area contributed by atoms with Gasteiger partial charge >= 0.3 is 5.97 Å². The Morgan fingerprint density at radius 1 is 0.940 bits per heavy atom. The number of nitrogens with zero attached hydrogens (tertiary/aromatic N) is 1. The zero-order chi connectivity index (χ0) is 37.4. The van der Waals surface area contributed by atoms with E-state index >= 15 is 0 Å². The predicted molar refractivity (Wildman–Crippen MR) is 206 cm³/mol. The number of sulfonamides is 1. The first kappa shape index (κ1) is 41.1. The summed E-state index contributed by atoms with van der Waals surface area (Å²) < 4.78 is 43.1. The minimum Gasteiger partial charge on any atom is -0.455 e. The van der Waals surface area contributed by atoms with Crippen LogP contribution in [0.1, 0.15) is 75.5 Å². The highest BCUT2D eigenvalue weighted by Gasteiger charge is 2.39. The van der Waals surface area contributed by atoms with E-state index in [0.717, 1.165) is 16.7 Å². The van der Waals surface area contributed by atoms with Gasteiger partial charge in [-0.3, -0.25) is 4.79 Å². The van der Waals surface area contributed by atoms with E-state index < -0.39 is 48.5 Å². The second-order valence-corrected chi connectivity index (χ2v) is 21.6. The lowest BCUT2D eigenvalue weighted by molar-refractivity contribution is -0.159. The largest absolute Gasteiger partial charge is 0.455 e. The van der Waals surface area contributed by atoms with E-state index in [0.29, 0.717) is 23.3 Å². The lowest BCUT2D eigenvalue weighted by atomic mass is 10.0. The van der Waals surface area contributed by atoms with Gasteiger partial charge in [0.05, 0.1) is 29.6 Å². The van der Waals surface area contributed by atoms with Crippen LogP contribution in [-0.2, 0) is 30.5 Å². The Morgan fingerprint density at radius 3 is 2.02 bits per heavy atom. The summed E-state index contributed by atoms with van der Waals surface area (Å²) in [6.07, 6.45) is 3.35. The third-order valence-corrected chi connectivity index (χ3v) is 16.4. The molecule has 1 N–H and O–H groups in total. The van der Waals surface area contributed by atoms with Gasteiger partial charge < -0.3 is 14.3 Å². The molecule has 3 aromatic carbocycles. The monoisotopic (exact) mass is 719 g/mol. The van der Waals surface area contributed by atoms with Crippen molar-refractivity contribution in [2.24, 2.45) is 5.92 Å². The summed E-state index contributed by atoms with van der Waals surface area (Å²) in [5.74, 6) is -1.55. The number of esters is 1. The number of hydrogen-bond acceptors (Lipinski definition) is 6. The normalized spacial score (nSPS) is 15.6. The van der Waals surface area contributed by atoms with E-state index in [4.69, 9.17) is 9.16 Å². The van der Waals surface area contributed by atoms with E-state index in [2.05, 4.69) is 33.9 Å². The maximum Gasteiger partial charge on any atom is 0.312 e. The van der Waals surface area contributed by atoms with Crippen LogP contribution in [0.5, 0.6) is 0 Å². The Labute approximate surface area is 302 Å². The topological polar surface area (TPSA) is 93.1 Å². The van der Waals surface area contributed by atoms with Gasteiger partial charge in [-0.25, -0.2) is 8.42 Å². The standard InChI is InChI=1S/C41H57NO6SSi/c1-29(19-18-24-47-50(10,11)41(7,8)9)27-37(43)33(5)40(44)48-38(36-22-16-13-17-23-36)34(6)42(28-35-20-14-12-15-21-35)49(45,46)39-31(3)25-30(2)26-32(39)4/h12-23,25-27,33-34,37-38,43H,24,28H2,1-11H3/b19-18+,29-27+/t33-,34+,37-,38+/m1/s1. The Bertz CT molecular complexity index is 1720. The van der Waals surface area contributed by atoms with Gasteiger partial charge in [0.2, 0.25) is 10.0 Å². The molecule has 0 aliphatic carbocycles. The molecular weight excluding hydrogens is 663 g/mol. The van der Waals surface area contributed by atoms with Crippen molar-refractivity contribution in [3.63, 3.8) is 0 Å². The van der Waals surface area contributed by atoms with Crippen LogP contribution >= 0.6 is 0 Å². The summed E-state index contributed by atoms with van der Waals surface area (Å²) >= 11 is 0. The molecule has 0 aliphatic rings. The smallest absolute Gasteiger partial charge is 0.312 e. The molecule has 4 atom stereocenters. The molecule has 0 fully saturated rings. The Morgan fingerprint density at radius 2 is 1.48 bits per heavy atom. The number of aliphatic hydroxyl groups excluding tert-OH is 1. The number of hydrogen-bond donors (Lipinski definition) is 1. The van der Waals surface area contributed by atoms with Gasteiger partial charge in [-0.1, -0.05) is 123 Å². The maximum atomic E-state index is 14.7. The second-order valence-electron chi connectivity index (χ2n) is 14.9. The van der Waals surface area contributed by atoms with Gasteiger partial charge in [-0.15, -0.1) is 0 Å². The number of aliphatic hydroxyl groups is 1. The molecule has 3 rings (SSSR count). The summed E-state index contributed by atoms with van der Waals surface area (Å²) in [5, 5.41) is 11.2. The molecule has 0 radical (unpaired) electrons. The van der Waals surface area contributed by atoms with Crippen LogP contribution in [0, 0.1) is 26.7 Å². The lowest BCUT2D eigenvalue weighted by Crippen LogP contribution is -2.44. The number of aryl methyl sites for hydroxylation is 3. The molecule has 0 amide bonds. The highest BCUT2D eigenvalue weighted by atomic mass is 32.2. The maximum absolute atomic E-state index is 14.7. The van der Waals surface area contributed by atoms with Crippen LogP contribution < -0.4 is 0 Å². The lowest BCUT2D eigenvalue weighted by Gasteiger charge is -2.35. The van der Waals surface area contributed by atoms with Crippen molar-refractivity contribution in [2.75, 3.05) is 6.61 Å². The van der Waals surface area contributed by atoms with E-state index in [-0.39, 0.29) is 16.5 Å². The van der Waals surface area contributed by atoms with Gasteiger partial charge in [0, 0.05) is 6.54 Å². The Balaban J connectivity index is 1.93. The summed E-state index contributed by atoms with van der Waals surface area (Å²) in [4.78, 5) is 14.0. The van der Waals surface area contributed by atoms with Crippen LogP contribution in [-0.4, -0.2) is 50.9 Å². The van der Waals surface area contributed by atoms with Crippen LogP contribution in [0.3, 0.4) is 0 Å². The van der Waals surface area contributed by atoms with Gasteiger partial charge in [-0.05, 0) is 81.9 Å². The number of allylic oxidation sites excluding steroid dienone is 2. The fourth-order valence-corrected chi connectivity index (χ4v) is 8.67. The molecule has 50 heavy (non-hydrogen) atoms. The van der Waals surface area contributed by atoms with E-state index in [1.165, 1.54) is 4.31 Å². The quantitative estimate of drug-likeness (QED) is 0.0958. The second kappa shape index (κ2) is 17.2. The molecule has 0 aliphatic heterocycles. The molecular formula is C41H57NO6SSi.